The normalized spacial score (nSPS) is 25.4. The van der Waals surface area contributed by atoms with E-state index < -0.39 is 5.97 Å². The van der Waals surface area contributed by atoms with Crippen molar-refractivity contribution in [2.75, 3.05) is 6.61 Å². The van der Waals surface area contributed by atoms with E-state index in [2.05, 4.69) is 0 Å². The molecule has 0 heterocycles. The molecule has 0 aliphatic heterocycles. The van der Waals surface area contributed by atoms with Gasteiger partial charge in [-0.1, -0.05) is 12.2 Å². The van der Waals surface area contributed by atoms with Crippen molar-refractivity contribution < 1.29 is 19.8 Å². The highest BCUT2D eigenvalue weighted by Crippen LogP contribution is 2.33. The van der Waals surface area contributed by atoms with E-state index >= 15 is 0 Å². The summed E-state index contributed by atoms with van der Waals surface area (Å²) in [5.41, 5.74) is 0. The van der Waals surface area contributed by atoms with E-state index in [1.165, 1.54) is 0 Å². The van der Waals surface area contributed by atoms with Crippen LogP contribution in [0.15, 0.2) is 12.2 Å². The van der Waals surface area contributed by atoms with Crippen LogP contribution in [0.3, 0.4) is 0 Å². The molecule has 0 amide bonds. The molecule has 1 N–H and O–H groups in total. The zero-order valence-corrected chi connectivity index (χ0v) is 9.22. The lowest BCUT2D eigenvalue weighted by Gasteiger charge is -2.17. The summed E-state index contributed by atoms with van der Waals surface area (Å²) in [5, 5.41) is 19.1. The van der Waals surface area contributed by atoms with Crippen LogP contribution in [0.25, 0.3) is 0 Å². The van der Waals surface area contributed by atoms with Crippen molar-refractivity contribution >= 4 is 11.8 Å². The topological polar surface area (TPSA) is 77.4 Å². The summed E-state index contributed by atoms with van der Waals surface area (Å²) >= 11 is 0. The van der Waals surface area contributed by atoms with Crippen LogP contribution in [0.5, 0.6) is 0 Å². The number of hydrogen-bond donors (Lipinski definition) is 1. The van der Waals surface area contributed by atoms with Gasteiger partial charge in [-0.05, 0) is 31.6 Å². The van der Waals surface area contributed by atoms with Gasteiger partial charge >= 0.3 is 0 Å². The monoisotopic (exact) mass is 225 g/mol. The molecule has 0 aromatic carbocycles. The van der Waals surface area contributed by atoms with Crippen molar-refractivity contribution in [3.63, 3.8) is 0 Å². The van der Waals surface area contributed by atoms with Gasteiger partial charge in [-0.2, -0.15) is 0 Å². The van der Waals surface area contributed by atoms with Crippen LogP contribution in [0, 0.1) is 11.8 Å². The number of aliphatic hydroxyl groups is 1. The van der Waals surface area contributed by atoms with Crippen LogP contribution in [0.4, 0.5) is 0 Å². The molecular weight excluding hydrogens is 208 g/mol. The zero-order valence-electron chi connectivity index (χ0n) is 9.22. The molecule has 0 spiro atoms. The van der Waals surface area contributed by atoms with Crippen LogP contribution in [-0.4, -0.2) is 23.5 Å². The Bertz CT molecular complexity index is 283. The smallest absolute Gasteiger partial charge is 0.136 e. The van der Waals surface area contributed by atoms with Crippen molar-refractivity contribution in [2.45, 2.75) is 32.1 Å². The number of carboxylic acids is 1. The molecule has 16 heavy (non-hydrogen) atoms. The second-order valence-electron chi connectivity index (χ2n) is 4.17. The number of rotatable bonds is 6. The van der Waals surface area contributed by atoms with E-state index in [-0.39, 0.29) is 30.6 Å². The first kappa shape index (κ1) is 12.9. The average molecular weight is 225 g/mol. The van der Waals surface area contributed by atoms with E-state index in [9.17, 15) is 14.7 Å². The maximum Gasteiger partial charge on any atom is 0.136 e. The van der Waals surface area contributed by atoms with Crippen molar-refractivity contribution in [1.29, 1.82) is 0 Å². The van der Waals surface area contributed by atoms with Crippen molar-refractivity contribution in [1.82, 2.24) is 0 Å². The minimum Gasteiger partial charge on any atom is -0.550 e. The average Bonchev–Trinajstić information content (AvgIpc) is 2.55. The third-order valence-corrected chi connectivity index (χ3v) is 3.03. The van der Waals surface area contributed by atoms with Gasteiger partial charge < -0.3 is 15.0 Å². The van der Waals surface area contributed by atoms with Gasteiger partial charge in [-0.25, -0.2) is 0 Å². The molecule has 1 rings (SSSR count). The van der Waals surface area contributed by atoms with E-state index in [0.29, 0.717) is 25.7 Å². The summed E-state index contributed by atoms with van der Waals surface area (Å²) in [4.78, 5) is 22.0. The first-order chi connectivity index (χ1) is 7.65. The Morgan fingerprint density at radius 2 is 2.25 bits per heavy atom. The van der Waals surface area contributed by atoms with Crippen molar-refractivity contribution in [3.8, 4) is 0 Å². The Morgan fingerprint density at radius 1 is 1.50 bits per heavy atom. The summed E-state index contributed by atoms with van der Waals surface area (Å²) in [6, 6.07) is 0. The van der Waals surface area contributed by atoms with Crippen molar-refractivity contribution in [2.24, 2.45) is 11.8 Å². The predicted octanol–water partition coefficient (Wildman–Crippen LogP) is 0.0504. The summed E-state index contributed by atoms with van der Waals surface area (Å²) in [6.45, 7) is 0.0948. The second-order valence-corrected chi connectivity index (χ2v) is 4.17. The number of carboxylic acid groups (broad SMARTS) is 1. The van der Waals surface area contributed by atoms with Crippen LogP contribution in [0.1, 0.15) is 32.1 Å². The number of Topliss-reactive ketones (excluding diaryl/α,β-unsaturated/α-hetero) is 1. The van der Waals surface area contributed by atoms with E-state index in [0.717, 1.165) is 0 Å². The first-order valence-corrected chi connectivity index (χ1v) is 5.63. The molecular formula is C12H17O4-. The second kappa shape index (κ2) is 6.43. The molecule has 4 heteroatoms. The summed E-state index contributed by atoms with van der Waals surface area (Å²) < 4.78 is 0. The maximum atomic E-state index is 11.5. The number of allylic oxidation sites excluding steroid dienone is 1. The Morgan fingerprint density at radius 3 is 2.88 bits per heavy atom. The van der Waals surface area contributed by atoms with Gasteiger partial charge in [0.25, 0.3) is 0 Å². The van der Waals surface area contributed by atoms with Crippen LogP contribution in [-0.2, 0) is 9.59 Å². The number of aliphatic carboxylic acids is 1. The molecule has 0 aromatic rings. The third kappa shape index (κ3) is 3.77. The molecule has 1 saturated carbocycles. The number of carbonyl (C=O) groups excluding carboxylic acids is 2. The fraction of sp³-hybridized carbons (Fsp3) is 0.667. The molecule has 1 fully saturated rings. The van der Waals surface area contributed by atoms with E-state index in [1.807, 2.05) is 12.2 Å². The van der Waals surface area contributed by atoms with Gasteiger partial charge in [0, 0.05) is 24.9 Å². The third-order valence-electron chi connectivity index (χ3n) is 3.03. The van der Waals surface area contributed by atoms with E-state index in [1.54, 1.807) is 0 Å². The molecule has 4 nitrogen and oxygen atoms in total. The number of carbonyl (C=O) groups is 2. The highest BCUT2D eigenvalue weighted by Gasteiger charge is 2.33. The maximum absolute atomic E-state index is 11.5. The zero-order chi connectivity index (χ0) is 12.0. The van der Waals surface area contributed by atoms with Crippen LogP contribution >= 0.6 is 0 Å². The van der Waals surface area contributed by atoms with Gasteiger partial charge in [0.2, 0.25) is 0 Å². The fourth-order valence-corrected chi connectivity index (χ4v) is 2.19. The van der Waals surface area contributed by atoms with E-state index in [4.69, 9.17) is 5.11 Å². The highest BCUT2D eigenvalue weighted by molar-refractivity contribution is 5.84. The summed E-state index contributed by atoms with van der Waals surface area (Å²) in [6.07, 6.45) is 5.95. The quantitative estimate of drug-likeness (QED) is 0.648. The number of aliphatic hydroxyl groups excluding tert-OH is 1. The SMILES string of the molecule is O=C([O-])CC1CCC(=O)C1C/C=C\CCO. The molecule has 0 aromatic heterocycles. The first-order valence-electron chi connectivity index (χ1n) is 5.63. The molecule has 0 radical (unpaired) electrons. The van der Waals surface area contributed by atoms with Gasteiger partial charge in [0.05, 0.1) is 0 Å². The van der Waals surface area contributed by atoms with Crippen LogP contribution in [0.2, 0.25) is 0 Å². The lowest BCUT2D eigenvalue weighted by Crippen LogP contribution is -2.27. The molecule has 1 aliphatic carbocycles. The largest absolute Gasteiger partial charge is 0.550 e. The van der Waals surface area contributed by atoms with Gasteiger partial charge in [-0.15, -0.1) is 0 Å². The minimum atomic E-state index is -1.08. The van der Waals surface area contributed by atoms with Gasteiger partial charge in [-0.3, -0.25) is 4.79 Å². The molecule has 90 valence electrons. The van der Waals surface area contributed by atoms with Gasteiger partial charge in [0.15, 0.2) is 0 Å². The Labute approximate surface area is 95.0 Å². The highest BCUT2D eigenvalue weighted by atomic mass is 16.4. The Hall–Kier alpha value is -1.16. The van der Waals surface area contributed by atoms with Crippen LogP contribution < -0.4 is 5.11 Å². The van der Waals surface area contributed by atoms with Gasteiger partial charge in [0.1, 0.15) is 5.78 Å². The van der Waals surface area contributed by atoms with Crippen molar-refractivity contribution in [3.05, 3.63) is 12.2 Å². The lowest BCUT2D eigenvalue weighted by atomic mass is 9.89. The molecule has 0 saturated heterocycles. The molecule has 1 aliphatic rings. The predicted molar refractivity (Wildman–Crippen MR) is 56.3 cm³/mol. The Balaban J connectivity index is 2.46. The molecule has 2 atom stereocenters. The lowest BCUT2D eigenvalue weighted by molar-refractivity contribution is -0.307. The standard InChI is InChI=1S/C12H18O4/c13-7-3-1-2-4-10-9(8-12(15)16)5-6-11(10)14/h1-2,9-10,13H,3-8H2,(H,15,16)/p-1/b2-1-. The minimum absolute atomic E-state index is 0.0236. The number of ketones is 1. The molecule has 0 bridgehead atoms. The molecule has 2 unspecified atom stereocenters. The summed E-state index contributed by atoms with van der Waals surface area (Å²) in [5.74, 6) is -1.17. The summed E-state index contributed by atoms with van der Waals surface area (Å²) in [7, 11) is 0. The number of hydrogen-bond acceptors (Lipinski definition) is 4. The Kier molecular flexibility index (Phi) is 5.19. The fourth-order valence-electron chi connectivity index (χ4n) is 2.19.